The SMILES string of the molecule is c1ccc(N2C[C@H]3CC[C@@H](C2)C3Cc2ccccn2)cc1. The Bertz CT molecular complexity index is 567. The molecule has 1 unspecified atom stereocenters. The minimum Gasteiger partial charge on any atom is -0.371 e. The van der Waals surface area contributed by atoms with Crippen molar-refractivity contribution in [2.24, 2.45) is 17.8 Å². The maximum absolute atomic E-state index is 4.53. The summed E-state index contributed by atoms with van der Waals surface area (Å²) in [6, 6.07) is 17.2. The third kappa shape index (κ3) is 2.55. The minimum absolute atomic E-state index is 0.833. The van der Waals surface area contributed by atoms with Crippen LogP contribution >= 0.6 is 0 Å². The molecule has 2 aromatic rings. The van der Waals surface area contributed by atoms with E-state index >= 15 is 0 Å². The Morgan fingerprint density at radius 1 is 0.905 bits per heavy atom. The summed E-state index contributed by atoms with van der Waals surface area (Å²) in [5.41, 5.74) is 2.67. The van der Waals surface area contributed by atoms with Crippen LogP contribution in [0.5, 0.6) is 0 Å². The number of anilines is 1. The summed E-state index contributed by atoms with van der Waals surface area (Å²) in [6.07, 6.45) is 5.88. The van der Waals surface area contributed by atoms with Gasteiger partial charge in [0, 0.05) is 30.7 Å². The fraction of sp³-hybridized carbons (Fsp3) is 0.421. The van der Waals surface area contributed by atoms with Crippen LogP contribution in [-0.2, 0) is 6.42 Å². The molecule has 2 nitrogen and oxygen atoms in total. The molecule has 1 aromatic heterocycles. The summed E-state index contributed by atoms with van der Waals surface area (Å²) >= 11 is 0. The zero-order valence-corrected chi connectivity index (χ0v) is 12.4. The molecule has 4 rings (SSSR count). The van der Waals surface area contributed by atoms with E-state index in [0.717, 1.165) is 17.8 Å². The van der Waals surface area contributed by atoms with E-state index in [0.29, 0.717) is 0 Å². The van der Waals surface area contributed by atoms with Gasteiger partial charge in [0.2, 0.25) is 0 Å². The highest BCUT2D eigenvalue weighted by molar-refractivity contribution is 5.47. The molecule has 1 aromatic carbocycles. The van der Waals surface area contributed by atoms with Crippen molar-refractivity contribution in [2.75, 3.05) is 18.0 Å². The van der Waals surface area contributed by atoms with Gasteiger partial charge in [-0.25, -0.2) is 0 Å². The molecule has 0 spiro atoms. The molecular weight excluding hydrogens is 256 g/mol. The topological polar surface area (TPSA) is 16.1 Å². The van der Waals surface area contributed by atoms with E-state index in [-0.39, 0.29) is 0 Å². The number of hydrogen-bond acceptors (Lipinski definition) is 2. The van der Waals surface area contributed by atoms with Gasteiger partial charge in [-0.05, 0) is 61.3 Å². The molecule has 2 aliphatic rings. The molecule has 108 valence electrons. The molecule has 0 N–H and O–H groups in total. The molecule has 2 heteroatoms. The maximum atomic E-state index is 4.53. The Hall–Kier alpha value is -1.83. The molecule has 0 radical (unpaired) electrons. The Kier molecular flexibility index (Phi) is 3.38. The monoisotopic (exact) mass is 278 g/mol. The van der Waals surface area contributed by atoms with E-state index < -0.39 is 0 Å². The van der Waals surface area contributed by atoms with Crippen LogP contribution < -0.4 is 4.90 Å². The minimum atomic E-state index is 0.833. The quantitative estimate of drug-likeness (QED) is 0.849. The van der Waals surface area contributed by atoms with Crippen LogP contribution in [0.15, 0.2) is 54.7 Å². The molecule has 1 aliphatic heterocycles. The van der Waals surface area contributed by atoms with E-state index in [4.69, 9.17) is 0 Å². The van der Waals surface area contributed by atoms with E-state index in [1.165, 1.54) is 43.7 Å². The highest BCUT2D eigenvalue weighted by Crippen LogP contribution is 2.44. The first kappa shape index (κ1) is 12.9. The lowest BCUT2D eigenvalue weighted by Gasteiger charge is -2.39. The average molecular weight is 278 g/mol. The van der Waals surface area contributed by atoms with Gasteiger partial charge in [0.25, 0.3) is 0 Å². The standard InChI is InChI=1S/C19H22N2/c1-2-7-18(8-3-1)21-13-15-9-10-16(14-21)19(15)12-17-6-4-5-11-20-17/h1-8,11,15-16,19H,9-10,12-14H2/t15-,16+,19?. The van der Waals surface area contributed by atoms with Gasteiger partial charge in [0.1, 0.15) is 0 Å². The zero-order chi connectivity index (χ0) is 14.1. The van der Waals surface area contributed by atoms with Crippen molar-refractivity contribution in [3.63, 3.8) is 0 Å². The smallest absolute Gasteiger partial charge is 0.0406 e. The van der Waals surface area contributed by atoms with Crippen molar-refractivity contribution in [3.8, 4) is 0 Å². The number of pyridine rings is 1. The largest absolute Gasteiger partial charge is 0.371 e. The van der Waals surface area contributed by atoms with Gasteiger partial charge in [0.15, 0.2) is 0 Å². The van der Waals surface area contributed by atoms with Crippen LogP contribution in [0.2, 0.25) is 0 Å². The number of hydrogen-bond donors (Lipinski definition) is 0. The second-order valence-corrected chi connectivity index (χ2v) is 6.53. The molecule has 3 atom stereocenters. The highest BCUT2D eigenvalue weighted by atomic mass is 15.1. The van der Waals surface area contributed by atoms with Gasteiger partial charge in [-0.1, -0.05) is 24.3 Å². The Morgan fingerprint density at radius 3 is 2.29 bits per heavy atom. The summed E-state index contributed by atoms with van der Waals surface area (Å²) in [7, 11) is 0. The van der Waals surface area contributed by atoms with Crippen molar-refractivity contribution in [1.82, 2.24) is 4.98 Å². The Morgan fingerprint density at radius 2 is 1.62 bits per heavy atom. The average Bonchev–Trinajstić information content (AvgIpc) is 2.78. The van der Waals surface area contributed by atoms with Crippen molar-refractivity contribution in [1.29, 1.82) is 0 Å². The van der Waals surface area contributed by atoms with Gasteiger partial charge in [-0.2, -0.15) is 0 Å². The second kappa shape index (κ2) is 5.51. The lowest BCUT2D eigenvalue weighted by atomic mass is 9.81. The molecule has 1 saturated heterocycles. The van der Waals surface area contributed by atoms with Gasteiger partial charge < -0.3 is 4.90 Å². The van der Waals surface area contributed by atoms with Crippen LogP contribution in [0, 0.1) is 17.8 Å². The first-order valence-corrected chi connectivity index (χ1v) is 8.10. The summed E-state index contributed by atoms with van der Waals surface area (Å²) in [5.74, 6) is 2.51. The fourth-order valence-electron chi connectivity index (χ4n) is 4.28. The van der Waals surface area contributed by atoms with Crippen molar-refractivity contribution < 1.29 is 0 Å². The number of piperidine rings is 1. The van der Waals surface area contributed by atoms with Crippen LogP contribution in [0.1, 0.15) is 18.5 Å². The van der Waals surface area contributed by atoms with Crippen LogP contribution in [0.4, 0.5) is 5.69 Å². The van der Waals surface area contributed by atoms with Gasteiger partial charge in [-0.15, -0.1) is 0 Å². The number of fused-ring (bicyclic) bond motifs is 2. The first-order valence-electron chi connectivity index (χ1n) is 8.10. The predicted octanol–water partition coefficient (Wildman–Crippen LogP) is 3.79. The Balaban J connectivity index is 1.49. The summed E-state index contributed by atoms with van der Waals surface area (Å²) in [5, 5.41) is 0. The van der Waals surface area contributed by atoms with E-state index in [1.54, 1.807) is 0 Å². The molecule has 2 fully saturated rings. The van der Waals surface area contributed by atoms with Crippen LogP contribution in [-0.4, -0.2) is 18.1 Å². The fourth-order valence-corrected chi connectivity index (χ4v) is 4.28. The molecule has 0 amide bonds. The number of para-hydroxylation sites is 1. The van der Waals surface area contributed by atoms with E-state index in [2.05, 4.69) is 52.3 Å². The number of nitrogens with zero attached hydrogens (tertiary/aromatic N) is 2. The summed E-state index contributed by atoms with van der Waals surface area (Å²) in [4.78, 5) is 7.13. The summed E-state index contributed by atoms with van der Waals surface area (Å²) in [6.45, 7) is 2.44. The number of rotatable bonds is 3. The summed E-state index contributed by atoms with van der Waals surface area (Å²) < 4.78 is 0. The van der Waals surface area contributed by atoms with Gasteiger partial charge >= 0.3 is 0 Å². The normalized spacial score (nSPS) is 27.8. The molecular formula is C19H22N2. The molecule has 2 heterocycles. The lowest BCUT2D eigenvalue weighted by molar-refractivity contribution is 0.268. The lowest BCUT2D eigenvalue weighted by Crippen LogP contribution is -2.42. The van der Waals surface area contributed by atoms with E-state index in [9.17, 15) is 0 Å². The van der Waals surface area contributed by atoms with Crippen molar-refractivity contribution in [2.45, 2.75) is 19.3 Å². The Labute approximate surface area is 126 Å². The number of benzene rings is 1. The molecule has 1 saturated carbocycles. The predicted molar refractivity (Wildman–Crippen MR) is 86.3 cm³/mol. The van der Waals surface area contributed by atoms with Crippen LogP contribution in [0.25, 0.3) is 0 Å². The van der Waals surface area contributed by atoms with Gasteiger partial charge in [0.05, 0.1) is 0 Å². The van der Waals surface area contributed by atoms with Gasteiger partial charge in [-0.3, -0.25) is 4.98 Å². The number of aromatic nitrogens is 1. The van der Waals surface area contributed by atoms with Crippen molar-refractivity contribution in [3.05, 3.63) is 60.4 Å². The molecule has 2 bridgehead atoms. The van der Waals surface area contributed by atoms with Crippen LogP contribution in [0.3, 0.4) is 0 Å². The highest BCUT2D eigenvalue weighted by Gasteiger charge is 2.41. The third-order valence-electron chi connectivity index (χ3n) is 5.32. The molecule has 21 heavy (non-hydrogen) atoms. The first-order chi connectivity index (χ1) is 10.4. The third-order valence-corrected chi connectivity index (χ3v) is 5.32. The molecule has 1 aliphatic carbocycles. The van der Waals surface area contributed by atoms with Crippen molar-refractivity contribution >= 4 is 5.69 Å². The second-order valence-electron chi connectivity index (χ2n) is 6.53. The maximum Gasteiger partial charge on any atom is 0.0406 e. The van der Waals surface area contributed by atoms with E-state index in [1.807, 2.05) is 12.3 Å². The zero-order valence-electron chi connectivity index (χ0n) is 12.4.